The van der Waals surface area contributed by atoms with Crippen LogP contribution in [0.15, 0.2) is 18.2 Å². The molecule has 2 rings (SSSR count). The van der Waals surface area contributed by atoms with Gasteiger partial charge in [-0.15, -0.1) is 0 Å². The van der Waals surface area contributed by atoms with Crippen molar-refractivity contribution in [1.29, 1.82) is 0 Å². The summed E-state index contributed by atoms with van der Waals surface area (Å²) in [6.07, 6.45) is 1.53. The van der Waals surface area contributed by atoms with Crippen molar-refractivity contribution in [3.05, 3.63) is 18.2 Å². The fraction of sp³-hybridized carbons (Fsp3) is 0.625. The Hall–Kier alpha value is -1.98. The molecule has 0 saturated carbocycles. The van der Waals surface area contributed by atoms with Crippen LogP contribution >= 0.6 is 0 Å². The third-order valence-corrected chi connectivity index (χ3v) is 3.77. The highest BCUT2D eigenvalue weighted by atomic mass is 16.6. The number of nitrogens with two attached hydrogens (primary N) is 1. The monoisotopic (exact) mass is 306 g/mol. The van der Waals surface area contributed by atoms with Gasteiger partial charge < -0.3 is 20.3 Å². The SMILES string of the molecule is CN(C(=O)OC(C)(C)C)C1CCN(c2cccc(N)n2)CC1. The van der Waals surface area contributed by atoms with Crippen molar-refractivity contribution in [3.8, 4) is 0 Å². The summed E-state index contributed by atoms with van der Waals surface area (Å²) in [7, 11) is 1.81. The Balaban J connectivity index is 1.90. The predicted octanol–water partition coefficient (Wildman–Crippen LogP) is 2.50. The molecule has 1 saturated heterocycles. The second-order valence-corrected chi connectivity index (χ2v) is 6.73. The Labute approximate surface area is 132 Å². The van der Waals surface area contributed by atoms with E-state index in [1.165, 1.54) is 0 Å². The van der Waals surface area contributed by atoms with Crippen molar-refractivity contribution >= 4 is 17.7 Å². The number of ether oxygens (including phenoxy) is 1. The average molecular weight is 306 g/mol. The van der Waals surface area contributed by atoms with Gasteiger partial charge in [-0.1, -0.05) is 6.07 Å². The van der Waals surface area contributed by atoms with Crippen molar-refractivity contribution in [1.82, 2.24) is 9.88 Å². The molecule has 1 amide bonds. The van der Waals surface area contributed by atoms with E-state index in [4.69, 9.17) is 10.5 Å². The van der Waals surface area contributed by atoms with Crippen molar-refractivity contribution < 1.29 is 9.53 Å². The Morgan fingerprint density at radius 3 is 2.55 bits per heavy atom. The number of carbonyl (C=O) groups excluding carboxylic acids is 1. The van der Waals surface area contributed by atoms with E-state index in [0.717, 1.165) is 31.7 Å². The van der Waals surface area contributed by atoms with Gasteiger partial charge in [0.2, 0.25) is 0 Å². The summed E-state index contributed by atoms with van der Waals surface area (Å²) >= 11 is 0. The number of pyridine rings is 1. The Morgan fingerprint density at radius 1 is 1.36 bits per heavy atom. The second-order valence-electron chi connectivity index (χ2n) is 6.73. The molecule has 2 heterocycles. The van der Waals surface area contributed by atoms with Crippen molar-refractivity contribution in [2.75, 3.05) is 30.8 Å². The largest absolute Gasteiger partial charge is 0.444 e. The maximum absolute atomic E-state index is 12.1. The quantitative estimate of drug-likeness (QED) is 0.909. The Bertz CT molecular complexity index is 519. The molecule has 0 aromatic carbocycles. The fourth-order valence-electron chi connectivity index (χ4n) is 2.58. The number of hydrogen-bond acceptors (Lipinski definition) is 5. The summed E-state index contributed by atoms with van der Waals surface area (Å²) in [6, 6.07) is 5.87. The molecule has 0 radical (unpaired) electrons. The number of nitrogens with zero attached hydrogens (tertiary/aromatic N) is 3. The summed E-state index contributed by atoms with van der Waals surface area (Å²) in [4.78, 5) is 20.4. The van der Waals surface area contributed by atoms with E-state index in [1.807, 2.05) is 40.0 Å². The molecule has 6 nitrogen and oxygen atoms in total. The van der Waals surface area contributed by atoms with Crippen molar-refractivity contribution in [2.24, 2.45) is 0 Å². The van der Waals surface area contributed by atoms with Gasteiger partial charge >= 0.3 is 6.09 Å². The lowest BCUT2D eigenvalue weighted by Gasteiger charge is -2.37. The molecule has 2 N–H and O–H groups in total. The van der Waals surface area contributed by atoms with Crippen LogP contribution in [0, 0.1) is 0 Å². The number of nitrogen functional groups attached to an aromatic ring is 1. The van der Waals surface area contributed by atoms with E-state index in [9.17, 15) is 4.79 Å². The summed E-state index contributed by atoms with van der Waals surface area (Å²) < 4.78 is 5.42. The van der Waals surface area contributed by atoms with Gasteiger partial charge in [0.15, 0.2) is 0 Å². The van der Waals surface area contributed by atoms with Crippen LogP contribution in [0.2, 0.25) is 0 Å². The first-order valence-corrected chi connectivity index (χ1v) is 7.69. The lowest BCUT2D eigenvalue weighted by atomic mass is 10.0. The number of amides is 1. The summed E-state index contributed by atoms with van der Waals surface area (Å²) in [5.41, 5.74) is 5.27. The molecule has 0 bridgehead atoms. The molecule has 0 unspecified atom stereocenters. The van der Waals surface area contributed by atoms with Gasteiger partial charge in [0.25, 0.3) is 0 Å². The van der Waals surface area contributed by atoms with Crippen LogP contribution in [0.5, 0.6) is 0 Å². The van der Waals surface area contributed by atoms with Crippen LogP contribution < -0.4 is 10.6 Å². The summed E-state index contributed by atoms with van der Waals surface area (Å²) in [5, 5.41) is 0. The lowest BCUT2D eigenvalue weighted by molar-refractivity contribution is 0.0201. The summed E-state index contributed by atoms with van der Waals surface area (Å²) in [5.74, 6) is 1.43. The zero-order valence-corrected chi connectivity index (χ0v) is 13.9. The van der Waals surface area contributed by atoms with Gasteiger partial charge in [0.1, 0.15) is 17.2 Å². The van der Waals surface area contributed by atoms with Crippen LogP contribution in [-0.2, 0) is 4.74 Å². The topological polar surface area (TPSA) is 71.7 Å². The van der Waals surface area contributed by atoms with Gasteiger partial charge in [-0.2, -0.15) is 0 Å². The molecule has 1 aromatic rings. The molecule has 1 aromatic heterocycles. The van der Waals surface area contributed by atoms with Crippen LogP contribution in [-0.4, -0.2) is 47.8 Å². The molecule has 22 heavy (non-hydrogen) atoms. The third kappa shape index (κ3) is 4.26. The second kappa shape index (κ2) is 6.42. The number of hydrogen-bond donors (Lipinski definition) is 1. The zero-order valence-electron chi connectivity index (χ0n) is 13.9. The van der Waals surface area contributed by atoms with E-state index in [0.29, 0.717) is 5.82 Å². The maximum atomic E-state index is 12.1. The van der Waals surface area contributed by atoms with Gasteiger partial charge in [-0.05, 0) is 45.7 Å². The molecule has 6 heteroatoms. The molecule has 0 atom stereocenters. The zero-order chi connectivity index (χ0) is 16.3. The highest BCUT2D eigenvalue weighted by molar-refractivity contribution is 5.68. The van der Waals surface area contributed by atoms with E-state index in [-0.39, 0.29) is 12.1 Å². The van der Waals surface area contributed by atoms with Gasteiger partial charge in [-0.3, -0.25) is 0 Å². The third-order valence-electron chi connectivity index (χ3n) is 3.77. The molecule has 1 aliphatic rings. The number of carbonyl (C=O) groups is 1. The first-order chi connectivity index (χ1) is 10.3. The van der Waals surface area contributed by atoms with E-state index in [1.54, 1.807) is 11.0 Å². The normalized spacial score (nSPS) is 16.5. The van der Waals surface area contributed by atoms with Crippen molar-refractivity contribution in [2.45, 2.75) is 45.3 Å². The molecule has 122 valence electrons. The highest BCUT2D eigenvalue weighted by Gasteiger charge is 2.28. The van der Waals surface area contributed by atoms with E-state index >= 15 is 0 Å². The van der Waals surface area contributed by atoms with Crippen LogP contribution in [0.4, 0.5) is 16.4 Å². The molecular weight excluding hydrogens is 280 g/mol. The average Bonchev–Trinajstić information content (AvgIpc) is 2.45. The lowest BCUT2D eigenvalue weighted by Crippen LogP contribution is -2.47. The highest BCUT2D eigenvalue weighted by Crippen LogP contribution is 2.22. The van der Waals surface area contributed by atoms with Crippen LogP contribution in [0.1, 0.15) is 33.6 Å². The van der Waals surface area contributed by atoms with Crippen LogP contribution in [0.3, 0.4) is 0 Å². The molecule has 1 fully saturated rings. The Morgan fingerprint density at radius 2 is 2.00 bits per heavy atom. The minimum atomic E-state index is -0.461. The number of aromatic nitrogens is 1. The smallest absolute Gasteiger partial charge is 0.410 e. The van der Waals surface area contributed by atoms with Gasteiger partial charge in [0, 0.05) is 26.2 Å². The number of anilines is 2. The van der Waals surface area contributed by atoms with Gasteiger partial charge in [0.05, 0.1) is 0 Å². The summed E-state index contributed by atoms with van der Waals surface area (Å²) in [6.45, 7) is 7.36. The van der Waals surface area contributed by atoms with Crippen LogP contribution in [0.25, 0.3) is 0 Å². The first kappa shape index (κ1) is 16.4. The molecular formula is C16H26N4O2. The maximum Gasteiger partial charge on any atom is 0.410 e. The molecule has 0 aliphatic carbocycles. The van der Waals surface area contributed by atoms with Gasteiger partial charge in [-0.25, -0.2) is 9.78 Å². The minimum Gasteiger partial charge on any atom is -0.444 e. The van der Waals surface area contributed by atoms with E-state index < -0.39 is 5.60 Å². The Kier molecular flexibility index (Phi) is 4.78. The minimum absolute atomic E-state index is 0.201. The standard InChI is InChI=1S/C16H26N4O2/c1-16(2,3)22-15(21)19(4)12-8-10-20(11-9-12)14-7-5-6-13(17)18-14/h5-7,12H,8-11H2,1-4H3,(H2,17,18). The first-order valence-electron chi connectivity index (χ1n) is 7.69. The predicted molar refractivity (Wildman–Crippen MR) is 87.9 cm³/mol. The van der Waals surface area contributed by atoms with E-state index in [2.05, 4.69) is 9.88 Å². The molecule has 1 aliphatic heterocycles. The number of rotatable bonds is 2. The molecule has 0 spiro atoms. The fourth-order valence-corrected chi connectivity index (χ4v) is 2.58. The van der Waals surface area contributed by atoms with Crippen molar-refractivity contribution in [3.63, 3.8) is 0 Å². The number of piperidine rings is 1.